The third-order valence-electron chi connectivity index (χ3n) is 3.75. The van der Waals surface area contributed by atoms with E-state index in [9.17, 15) is 4.79 Å². The Kier molecular flexibility index (Phi) is 3.38. The third kappa shape index (κ3) is 2.14. The maximum atomic E-state index is 12.8. The van der Waals surface area contributed by atoms with Gasteiger partial charge in [-0.2, -0.15) is 0 Å². The van der Waals surface area contributed by atoms with Crippen molar-refractivity contribution in [3.8, 4) is 0 Å². The van der Waals surface area contributed by atoms with Crippen molar-refractivity contribution in [1.82, 2.24) is 4.57 Å². The van der Waals surface area contributed by atoms with E-state index in [0.29, 0.717) is 0 Å². The summed E-state index contributed by atoms with van der Waals surface area (Å²) in [6.45, 7) is 2.06. The van der Waals surface area contributed by atoms with Crippen molar-refractivity contribution >= 4 is 16.8 Å². The molecule has 2 nitrogen and oxygen atoms in total. The molecular weight excluding hydrogens is 246 g/mol. The number of benzene rings is 2. The number of carbonyl (C=O) groups is 1. The molecule has 2 heteroatoms. The van der Waals surface area contributed by atoms with Gasteiger partial charge in [-0.3, -0.25) is 9.36 Å². The van der Waals surface area contributed by atoms with E-state index in [2.05, 4.69) is 6.92 Å². The van der Waals surface area contributed by atoms with Gasteiger partial charge in [0, 0.05) is 11.6 Å². The Morgan fingerprint density at radius 1 is 1.00 bits per heavy atom. The Bertz CT molecular complexity index is 727. The second-order valence-corrected chi connectivity index (χ2v) is 4.95. The largest absolute Gasteiger partial charge is 0.287 e. The van der Waals surface area contributed by atoms with Crippen LogP contribution in [-0.2, 0) is 0 Å². The van der Waals surface area contributed by atoms with E-state index in [1.54, 1.807) is 4.57 Å². The van der Waals surface area contributed by atoms with Crippen LogP contribution >= 0.6 is 0 Å². The van der Waals surface area contributed by atoms with Gasteiger partial charge in [0.15, 0.2) is 0 Å². The predicted octanol–water partition coefficient (Wildman–Crippen LogP) is 4.48. The fraction of sp³-hybridized carbons (Fsp3) is 0.167. The zero-order valence-electron chi connectivity index (χ0n) is 11.5. The number of rotatable bonds is 3. The topological polar surface area (TPSA) is 22.0 Å². The van der Waals surface area contributed by atoms with Gasteiger partial charge in [0.25, 0.3) is 0 Å². The minimum absolute atomic E-state index is 0.0907. The molecule has 1 unspecified atom stereocenters. The molecule has 0 bridgehead atoms. The van der Waals surface area contributed by atoms with E-state index in [4.69, 9.17) is 0 Å². The predicted molar refractivity (Wildman–Crippen MR) is 82.0 cm³/mol. The number of nitrogens with zero attached hydrogens (tertiary/aromatic N) is 1. The van der Waals surface area contributed by atoms with Crippen molar-refractivity contribution in [2.45, 2.75) is 19.3 Å². The van der Waals surface area contributed by atoms with Crippen molar-refractivity contribution < 1.29 is 4.79 Å². The van der Waals surface area contributed by atoms with Crippen LogP contribution in [0, 0.1) is 0 Å². The molecule has 0 N–H and O–H groups in total. The molecule has 1 atom stereocenters. The van der Waals surface area contributed by atoms with E-state index in [-0.39, 0.29) is 11.8 Å². The lowest BCUT2D eigenvalue weighted by molar-refractivity contribution is 0.0880. The quantitative estimate of drug-likeness (QED) is 0.683. The Morgan fingerprint density at radius 2 is 1.70 bits per heavy atom. The molecule has 0 aliphatic rings. The number of hydrogen-bond donors (Lipinski definition) is 0. The summed E-state index contributed by atoms with van der Waals surface area (Å²) in [7, 11) is 0. The smallest absolute Gasteiger partial charge is 0.238 e. The van der Waals surface area contributed by atoms with E-state index < -0.39 is 0 Å². The van der Waals surface area contributed by atoms with Gasteiger partial charge < -0.3 is 0 Å². The van der Waals surface area contributed by atoms with Crippen LogP contribution in [-0.4, -0.2) is 10.5 Å². The lowest BCUT2D eigenvalue weighted by Gasteiger charge is -2.15. The second-order valence-electron chi connectivity index (χ2n) is 4.95. The summed E-state index contributed by atoms with van der Waals surface area (Å²) in [6, 6.07) is 20.0. The molecule has 0 aliphatic heterocycles. The van der Waals surface area contributed by atoms with Crippen molar-refractivity contribution in [2.75, 3.05) is 0 Å². The van der Waals surface area contributed by atoms with Gasteiger partial charge in [0.1, 0.15) is 0 Å². The van der Waals surface area contributed by atoms with Crippen molar-refractivity contribution in [3.63, 3.8) is 0 Å². The number of aromatic nitrogens is 1. The Hall–Kier alpha value is -2.35. The van der Waals surface area contributed by atoms with Gasteiger partial charge in [-0.1, -0.05) is 55.5 Å². The van der Waals surface area contributed by atoms with Crippen molar-refractivity contribution in [1.29, 1.82) is 0 Å². The van der Waals surface area contributed by atoms with Gasteiger partial charge >= 0.3 is 0 Å². The molecule has 20 heavy (non-hydrogen) atoms. The zero-order valence-corrected chi connectivity index (χ0v) is 11.5. The zero-order chi connectivity index (χ0) is 13.9. The highest BCUT2D eigenvalue weighted by Crippen LogP contribution is 2.24. The molecule has 0 spiro atoms. The maximum Gasteiger partial charge on any atom is 0.238 e. The average molecular weight is 263 g/mol. The summed E-state index contributed by atoms with van der Waals surface area (Å²) >= 11 is 0. The standard InChI is InChI=1S/C18H17NO/c1-2-16(14-8-4-3-5-9-14)18(20)19-13-12-15-10-6-7-11-17(15)19/h3-13,16H,2H2,1H3. The first-order valence-corrected chi connectivity index (χ1v) is 6.96. The molecule has 100 valence electrons. The van der Waals surface area contributed by atoms with Gasteiger partial charge in [-0.15, -0.1) is 0 Å². The normalized spacial score (nSPS) is 12.4. The molecule has 0 saturated heterocycles. The monoisotopic (exact) mass is 263 g/mol. The molecule has 0 aliphatic carbocycles. The molecule has 0 saturated carbocycles. The SMILES string of the molecule is CCC(C(=O)n1ccc2ccccc21)c1ccccc1. The first kappa shape index (κ1) is 12.7. The molecule has 1 aromatic heterocycles. The average Bonchev–Trinajstić information content (AvgIpc) is 2.93. The van der Waals surface area contributed by atoms with E-state index in [1.165, 1.54) is 0 Å². The van der Waals surface area contributed by atoms with Crippen molar-refractivity contribution in [2.24, 2.45) is 0 Å². The van der Waals surface area contributed by atoms with Crippen LogP contribution < -0.4 is 0 Å². The van der Waals surface area contributed by atoms with Gasteiger partial charge in [-0.05, 0) is 24.1 Å². The van der Waals surface area contributed by atoms with Crippen molar-refractivity contribution in [3.05, 3.63) is 72.4 Å². The number of carbonyl (C=O) groups excluding carboxylic acids is 1. The lowest BCUT2D eigenvalue weighted by atomic mass is 9.95. The van der Waals surface area contributed by atoms with E-state index in [1.807, 2.05) is 66.9 Å². The molecule has 2 aromatic carbocycles. The van der Waals surface area contributed by atoms with Crippen LogP contribution in [0.3, 0.4) is 0 Å². The lowest BCUT2D eigenvalue weighted by Crippen LogP contribution is -2.18. The highest BCUT2D eigenvalue weighted by Gasteiger charge is 2.21. The summed E-state index contributed by atoms with van der Waals surface area (Å²) < 4.78 is 1.77. The number of para-hydroxylation sites is 1. The summed E-state index contributed by atoms with van der Waals surface area (Å²) in [6.07, 6.45) is 2.67. The van der Waals surface area contributed by atoms with E-state index >= 15 is 0 Å². The number of hydrogen-bond acceptors (Lipinski definition) is 1. The molecular formula is C18H17NO. The van der Waals surface area contributed by atoms with Crippen LogP contribution in [0.4, 0.5) is 0 Å². The number of fused-ring (bicyclic) bond motifs is 1. The minimum atomic E-state index is -0.0907. The first-order chi connectivity index (χ1) is 9.81. The minimum Gasteiger partial charge on any atom is -0.287 e. The van der Waals surface area contributed by atoms with Crippen LogP contribution in [0.15, 0.2) is 66.9 Å². The summed E-state index contributed by atoms with van der Waals surface area (Å²) in [5.74, 6) is 0.0481. The highest BCUT2D eigenvalue weighted by atomic mass is 16.2. The Balaban J connectivity index is 2.03. The highest BCUT2D eigenvalue weighted by molar-refractivity contribution is 5.95. The van der Waals surface area contributed by atoms with Crippen LogP contribution in [0.5, 0.6) is 0 Å². The van der Waals surface area contributed by atoms with Gasteiger partial charge in [0.05, 0.1) is 11.4 Å². The van der Waals surface area contributed by atoms with E-state index in [0.717, 1.165) is 22.9 Å². The summed E-state index contributed by atoms with van der Waals surface area (Å²) in [4.78, 5) is 12.8. The molecule has 0 fully saturated rings. The first-order valence-electron chi connectivity index (χ1n) is 6.96. The summed E-state index contributed by atoms with van der Waals surface area (Å²) in [5.41, 5.74) is 2.06. The molecule has 3 rings (SSSR count). The molecule has 3 aromatic rings. The van der Waals surface area contributed by atoms with Gasteiger partial charge in [0.2, 0.25) is 5.91 Å². The molecule has 0 amide bonds. The summed E-state index contributed by atoms with van der Waals surface area (Å²) in [5, 5.41) is 1.10. The fourth-order valence-corrected chi connectivity index (χ4v) is 2.68. The fourth-order valence-electron chi connectivity index (χ4n) is 2.68. The Morgan fingerprint density at radius 3 is 2.45 bits per heavy atom. The third-order valence-corrected chi connectivity index (χ3v) is 3.75. The second kappa shape index (κ2) is 5.33. The van der Waals surface area contributed by atoms with Crippen LogP contribution in [0.1, 0.15) is 29.6 Å². The molecule has 1 heterocycles. The Labute approximate surface area is 118 Å². The van der Waals surface area contributed by atoms with Gasteiger partial charge in [-0.25, -0.2) is 0 Å². The van der Waals surface area contributed by atoms with Crippen LogP contribution in [0.2, 0.25) is 0 Å². The maximum absolute atomic E-state index is 12.8. The van der Waals surface area contributed by atoms with Crippen LogP contribution in [0.25, 0.3) is 10.9 Å². The molecule has 0 radical (unpaired) electrons.